The Labute approximate surface area is 143 Å². The highest BCUT2D eigenvalue weighted by Gasteiger charge is 2.44. The van der Waals surface area contributed by atoms with E-state index >= 15 is 0 Å². The Morgan fingerprint density at radius 2 is 1.09 bits per heavy atom. The van der Waals surface area contributed by atoms with Gasteiger partial charge in [-0.15, -0.1) is 0 Å². The Morgan fingerprint density at radius 1 is 0.682 bits per heavy atom. The number of rotatable bonds is 2. The molecule has 2 atom stereocenters. The zero-order valence-corrected chi connectivity index (χ0v) is 18.2. The van der Waals surface area contributed by atoms with Gasteiger partial charge in [-0.05, 0) is 40.9 Å². The fourth-order valence-electron chi connectivity index (χ4n) is 3.74. The van der Waals surface area contributed by atoms with E-state index in [1.165, 1.54) is 32.1 Å². The molecule has 2 unspecified atom stereocenters. The predicted molar refractivity (Wildman–Crippen MR) is 105 cm³/mol. The first-order valence-electron chi connectivity index (χ1n) is 9.95. The maximum absolute atomic E-state index is 2.51. The van der Waals surface area contributed by atoms with Gasteiger partial charge in [0, 0.05) is 0 Å². The average molecular weight is 313 g/mol. The molecule has 0 heteroatoms. The van der Waals surface area contributed by atoms with Gasteiger partial charge in [-0.1, -0.05) is 102 Å². The molecule has 0 N–H and O–H groups in total. The third-order valence-electron chi connectivity index (χ3n) is 5.64. The van der Waals surface area contributed by atoms with Crippen LogP contribution < -0.4 is 0 Å². The molecule has 1 fully saturated rings. The lowest BCUT2D eigenvalue weighted by atomic mass is 9.54. The fourth-order valence-corrected chi connectivity index (χ4v) is 3.74. The Morgan fingerprint density at radius 3 is 1.45 bits per heavy atom. The van der Waals surface area contributed by atoms with Gasteiger partial charge in [0.25, 0.3) is 0 Å². The van der Waals surface area contributed by atoms with E-state index in [9.17, 15) is 0 Å². The predicted octanol–water partition coefficient (Wildman–Crippen LogP) is 8.35. The molecule has 0 saturated heterocycles. The van der Waals surface area contributed by atoms with Crippen molar-refractivity contribution in [3.8, 4) is 0 Å². The SMILES string of the molecule is CC.CC.CC(C)(C)CC1CCCCC1C(C)(C)C(C)(C)C. The minimum atomic E-state index is 0.408. The first-order valence-corrected chi connectivity index (χ1v) is 9.95. The van der Waals surface area contributed by atoms with Crippen molar-refractivity contribution in [1.29, 1.82) is 0 Å². The van der Waals surface area contributed by atoms with E-state index in [0.29, 0.717) is 16.2 Å². The van der Waals surface area contributed by atoms with Crippen molar-refractivity contribution in [1.82, 2.24) is 0 Å². The van der Waals surface area contributed by atoms with Crippen molar-refractivity contribution in [2.45, 2.75) is 115 Å². The van der Waals surface area contributed by atoms with Crippen molar-refractivity contribution in [3.05, 3.63) is 0 Å². The minimum Gasteiger partial charge on any atom is -0.0683 e. The molecule has 0 radical (unpaired) electrons. The summed E-state index contributed by atoms with van der Waals surface area (Å²) in [7, 11) is 0. The van der Waals surface area contributed by atoms with Gasteiger partial charge >= 0.3 is 0 Å². The Bertz CT molecular complexity index is 259. The van der Waals surface area contributed by atoms with Gasteiger partial charge in [0.2, 0.25) is 0 Å². The minimum absolute atomic E-state index is 0.408. The average Bonchev–Trinajstić information content (AvgIpc) is 2.40. The summed E-state index contributed by atoms with van der Waals surface area (Å²) in [6.07, 6.45) is 7.21. The lowest BCUT2D eigenvalue weighted by Gasteiger charge is -2.51. The maximum atomic E-state index is 2.51. The quantitative estimate of drug-likeness (QED) is 0.480. The highest BCUT2D eigenvalue weighted by Crippen LogP contribution is 2.53. The van der Waals surface area contributed by atoms with Gasteiger partial charge in [-0.3, -0.25) is 0 Å². The number of hydrogen-bond donors (Lipinski definition) is 0. The van der Waals surface area contributed by atoms with Crippen LogP contribution in [0.2, 0.25) is 0 Å². The van der Waals surface area contributed by atoms with E-state index < -0.39 is 0 Å². The molecule has 0 bridgehead atoms. The fraction of sp³-hybridized carbons (Fsp3) is 1.00. The van der Waals surface area contributed by atoms with Crippen molar-refractivity contribution in [3.63, 3.8) is 0 Å². The lowest BCUT2D eigenvalue weighted by molar-refractivity contribution is -0.0144. The molecule has 1 aliphatic rings. The van der Waals surface area contributed by atoms with Crippen LogP contribution in [0.5, 0.6) is 0 Å². The second kappa shape index (κ2) is 9.99. The molecule has 0 aromatic carbocycles. The molecule has 0 aromatic rings. The van der Waals surface area contributed by atoms with E-state index in [1.807, 2.05) is 27.7 Å². The normalized spacial score (nSPS) is 22.9. The highest BCUT2D eigenvalue weighted by molar-refractivity contribution is 4.94. The molecule has 0 heterocycles. The van der Waals surface area contributed by atoms with Crippen molar-refractivity contribution in [2.75, 3.05) is 0 Å². The molecule has 0 spiro atoms. The summed E-state index contributed by atoms with van der Waals surface area (Å²) in [5.41, 5.74) is 1.34. The van der Waals surface area contributed by atoms with Crippen LogP contribution in [0.1, 0.15) is 115 Å². The first kappa shape index (κ1) is 24.3. The molecular formula is C22H48. The van der Waals surface area contributed by atoms with Crippen LogP contribution in [0.15, 0.2) is 0 Å². The van der Waals surface area contributed by atoms with Crippen LogP contribution in [0.3, 0.4) is 0 Å². The molecule has 0 aromatic heterocycles. The van der Waals surface area contributed by atoms with Crippen molar-refractivity contribution < 1.29 is 0 Å². The standard InChI is InChI=1S/C18H36.2C2H6/c1-16(2,3)13-14-11-9-10-12-15(14)18(7,8)17(4,5)6;2*1-2/h14-15H,9-13H2,1-8H3;2*1-2H3. The van der Waals surface area contributed by atoms with Crippen LogP contribution in [0.25, 0.3) is 0 Å². The third kappa shape index (κ3) is 7.51. The molecular weight excluding hydrogens is 264 g/mol. The monoisotopic (exact) mass is 312 g/mol. The summed E-state index contributed by atoms with van der Waals surface area (Å²) in [6.45, 7) is 27.5. The molecule has 1 saturated carbocycles. The Hall–Kier alpha value is 0. The van der Waals surface area contributed by atoms with Crippen LogP contribution in [0, 0.1) is 28.1 Å². The Kier molecular flexibility index (Phi) is 11.0. The molecule has 22 heavy (non-hydrogen) atoms. The van der Waals surface area contributed by atoms with Gasteiger partial charge in [0.1, 0.15) is 0 Å². The van der Waals surface area contributed by atoms with Crippen molar-refractivity contribution >= 4 is 0 Å². The molecule has 1 aliphatic carbocycles. The summed E-state index contributed by atoms with van der Waals surface area (Å²) in [6, 6.07) is 0. The summed E-state index contributed by atoms with van der Waals surface area (Å²) >= 11 is 0. The van der Waals surface area contributed by atoms with E-state index in [2.05, 4.69) is 55.4 Å². The summed E-state index contributed by atoms with van der Waals surface area (Å²) in [5, 5.41) is 0. The summed E-state index contributed by atoms with van der Waals surface area (Å²) in [4.78, 5) is 0. The Balaban J connectivity index is 0. The molecule has 0 nitrogen and oxygen atoms in total. The second-order valence-corrected chi connectivity index (χ2v) is 9.39. The topological polar surface area (TPSA) is 0 Å². The van der Waals surface area contributed by atoms with Crippen LogP contribution >= 0.6 is 0 Å². The maximum Gasteiger partial charge on any atom is -0.0275 e. The van der Waals surface area contributed by atoms with Crippen molar-refractivity contribution in [2.24, 2.45) is 28.1 Å². The van der Waals surface area contributed by atoms with E-state index in [0.717, 1.165) is 11.8 Å². The van der Waals surface area contributed by atoms with Crippen LogP contribution in [-0.2, 0) is 0 Å². The van der Waals surface area contributed by atoms with Gasteiger partial charge < -0.3 is 0 Å². The largest absolute Gasteiger partial charge is 0.0683 e. The summed E-state index contributed by atoms with van der Waals surface area (Å²) in [5.74, 6) is 1.85. The van der Waals surface area contributed by atoms with Gasteiger partial charge in [0.05, 0.1) is 0 Å². The molecule has 0 amide bonds. The zero-order chi connectivity index (χ0) is 18.2. The zero-order valence-electron chi connectivity index (χ0n) is 18.2. The smallest absolute Gasteiger partial charge is 0.0275 e. The second-order valence-electron chi connectivity index (χ2n) is 9.39. The summed E-state index contributed by atoms with van der Waals surface area (Å²) < 4.78 is 0. The number of hydrogen-bond acceptors (Lipinski definition) is 0. The van der Waals surface area contributed by atoms with Gasteiger partial charge in [0.15, 0.2) is 0 Å². The van der Waals surface area contributed by atoms with Crippen LogP contribution in [-0.4, -0.2) is 0 Å². The van der Waals surface area contributed by atoms with E-state index in [-0.39, 0.29) is 0 Å². The van der Waals surface area contributed by atoms with E-state index in [1.54, 1.807) is 0 Å². The highest BCUT2D eigenvalue weighted by atomic mass is 14.5. The lowest BCUT2D eigenvalue weighted by Crippen LogP contribution is -2.43. The molecule has 136 valence electrons. The molecule has 0 aliphatic heterocycles. The van der Waals surface area contributed by atoms with E-state index in [4.69, 9.17) is 0 Å². The van der Waals surface area contributed by atoms with Gasteiger partial charge in [-0.2, -0.15) is 0 Å². The van der Waals surface area contributed by atoms with Gasteiger partial charge in [-0.25, -0.2) is 0 Å². The first-order chi connectivity index (χ1) is 9.95. The molecule has 1 rings (SSSR count). The third-order valence-corrected chi connectivity index (χ3v) is 5.64. The van der Waals surface area contributed by atoms with Crippen LogP contribution in [0.4, 0.5) is 0 Å².